The molecule has 0 spiro atoms. The van der Waals surface area contributed by atoms with Gasteiger partial charge in [-0.25, -0.2) is 18.7 Å². The summed E-state index contributed by atoms with van der Waals surface area (Å²) in [5.41, 5.74) is 10.5. The molecule has 3 N–H and O–H groups in total. The van der Waals surface area contributed by atoms with E-state index in [0.29, 0.717) is 29.9 Å². The lowest BCUT2D eigenvalue weighted by molar-refractivity contribution is 0.203. The van der Waals surface area contributed by atoms with Crippen molar-refractivity contribution in [1.29, 1.82) is 0 Å². The van der Waals surface area contributed by atoms with Crippen LogP contribution < -0.4 is 15.8 Å². The second kappa shape index (κ2) is 8.23. The van der Waals surface area contributed by atoms with Crippen molar-refractivity contribution in [3.63, 3.8) is 0 Å². The summed E-state index contributed by atoms with van der Waals surface area (Å²) in [5.74, 6) is 1.09. The highest BCUT2D eigenvalue weighted by molar-refractivity contribution is 5.69. The third-order valence-corrected chi connectivity index (χ3v) is 6.12. The number of hydrogen-bond donors (Lipinski definition) is 2. The lowest BCUT2D eigenvalue weighted by atomic mass is 10.1. The number of imidazole rings is 1. The number of aryl methyl sites for hydroxylation is 1. The first-order valence-corrected chi connectivity index (χ1v) is 11.0. The first-order valence-electron chi connectivity index (χ1n) is 11.0. The number of nitrogens with two attached hydrogens (primary N) is 1. The van der Waals surface area contributed by atoms with Crippen LogP contribution in [0.1, 0.15) is 50.2 Å². The largest absolute Gasteiger partial charge is 0.469 e. The molecule has 0 radical (unpaired) electrons. The maximum Gasteiger partial charge on any atom is 0.202 e. The van der Waals surface area contributed by atoms with Gasteiger partial charge in [0.05, 0.1) is 29.8 Å². The van der Waals surface area contributed by atoms with E-state index in [4.69, 9.17) is 10.5 Å². The molecule has 1 aliphatic heterocycles. The summed E-state index contributed by atoms with van der Waals surface area (Å²) >= 11 is 0. The number of nitrogens with zero attached hydrogens (tertiary/aromatic N) is 8. The van der Waals surface area contributed by atoms with Crippen molar-refractivity contribution in [2.24, 2.45) is 0 Å². The van der Waals surface area contributed by atoms with Crippen molar-refractivity contribution in [1.82, 2.24) is 44.7 Å². The molecule has 1 atom stereocenters. The fraction of sp³-hybridized carbons (Fsp3) is 0.476. The van der Waals surface area contributed by atoms with Gasteiger partial charge in [-0.15, -0.1) is 10.2 Å². The fourth-order valence-electron chi connectivity index (χ4n) is 4.40. The van der Waals surface area contributed by atoms with Crippen LogP contribution in [0.4, 0.5) is 5.82 Å². The Kier molecular flexibility index (Phi) is 5.25. The maximum absolute atomic E-state index is 6.36. The lowest BCUT2D eigenvalue weighted by Crippen LogP contribution is -2.30. The van der Waals surface area contributed by atoms with E-state index in [2.05, 4.69) is 42.5 Å². The maximum atomic E-state index is 6.36. The molecule has 11 nitrogen and oxygen atoms in total. The van der Waals surface area contributed by atoms with Gasteiger partial charge in [0.1, 0.15) is 23.3 Å². The summed E-state index contributed by atoms with van der Waals surface area (Å²) in [7, 11) is 0. The van der Waals surface area contributed by atoms with Crippen LogP contribution >= 0.6 is 0 Å². The van der Waals surface area contributed by atoms with Crippen LogP contribution in [0.2, 0.25) is 0 Å². The summed E-state index contributed by atoms with van der Waals surface area (Å²) < 4.78 is 12.0. The Morgan fingerprint density at radius 2 is 2.03 bits per heavy atom. The van der Waals surface area contributed by atoms with E-state index in [1.54, 1.807) is 16.8 Å². The standard InChI is InChI=1S/C21H28N10O/c1-4-29-17(11-25-27-29)14(3)32-20-10-15(9-19-24-12-18(22)30(19)20)21-13(2)31(28-26-21)16-5-7-23-8-6-16/h9-12,14,16,23H,4-8,22H2,1-3H3. The summed E-state index contributed by atoms with van der Waals surface area (Å²) in [5, 5.41) is 20.5. The molecular formula is C21H28N10O. The van der Waals surface area contributed by atoms with Crippen LogP contribution in [0.3, 0.4) is 0 Å². The minimum absolute atomic E-state index is 0.281. The van der Waals surface area contributed by atoms with Crippen molar-refractivity contribution in [2.75, 3.05) is 18.8 Å². The molecule has 4 aromatic heterocycles. The van der Waals surface area contributed by atoms with Gasteiger partial charge >= 0.3 is 0 Å². The first-order chi connectivity index (χ1) is 15.6. The van der Waals surface area contributed by atoms with Gasteiger partial charge < -0.3 is 15.8 Å². The van der Waals surface area contributed by atoms with Crippen LogP contribution in [0.15, 0.2) is 24.5 Å². The molecule has 1 unspecified atom stereocenters. The molecule has 11 heteroatoms. The molecule has 4 aromatic rings. The highest BCUT2D eigenvalue weighted by atomic mass is 16.5. The third kappa shape index (κ3) is 3.48. The van der Waals surface area contributed by atoms with Crippen molar-refractivity contribution < 1.29 is 4.74 Å². The number of ether oxygens (including phenoxy) is 1. The summed E-state index contributed by atoms with van der Waals surface area (Å²) in [4.78, 5) is 4.46. The van der Waals surface area contributed by atoms with E-state index in [1.165, 1.54) is 0 Å². The summed E-state index contributed by atoms with van der Waals surface area (Å²) in [6.07, 6.45) is 5.17. The molecule has 0 saturated carbocycles. The molecule has 1 aliphatic rings. The molecule has 0 aromatic carbocycles. The Bertz CT molecular complexity index is 1230. The lowest BCUT2D eigenvalue weighted by Gasteiger charge is -2.23. The van der Waals surface area contributed by atoms with Crippen molar-refractivity contribution >= 4 is 11.5 Å². The summed E-state index contributed by atoms with van der Waals surface area (Å²) in [6.45, 7) is 8.76. The zero-order valence-electron chi connectivity index (χ0n) is 18.6. The molecule has 1 fully saturated rings. The van der Waals surface area contributed by atoms with Crippen LogP contribution in [-0.4, -0.2) is 52.5 Å². The molecule has 5 heterocycles. The Labute approximate surface area is 185 Å². The zero-order valence-corrected chi connectivity index (χ0v) is 18.6. The fourth-order valence-corrected chi connectivity index (χ4v) is 4.40. The topological polar surface area (TPSA) is 126 Å². The van der Waals surface area contributed by atoms with E-state index in [-0.39, 0.29) is 6.10 Å². The molecule has 0 amide bonds. The van der Waals surface area contributed by atoms with Crippen molar-refractivity contribution in [3.8, 4) is 17.1 Å². The molecule has 0 bridgehead atoms. The van der Waals surface area contributed by atoms with Gasteiger partial charge in [-0.2, -0.15) is 0 Å². The minimum atomic E-state index is -0.281. The van der Waals surface area contributed by atoms with Gasteiger partial charge in [0.25, 0.3) is 0 Å². The average Bonchev–Trinajstić information content (AvgIpc) is 3.53. The van der Waals surface area contributed by atoms with Gasteiger partial charge in [0.15, 0.2) is 0 Å². The van der Waals surface area contributed by atoms with E-state index in [0.717, 1.165) is 48.6 Å². The summed E-state index contributed by atoms with van der Waals surface area (Å²) in [6, 6.07) is 4.28. The number of piperidine rings is 1. The molecule has 0 aliphatic carbocycles. The van der Waals surface area contributed by atoms with E-state index < -0.39 is 0 Å². The van der Waals surface area contributed by atoms with Gasteiger partial charge in [-0.1, -0.05) is 10.4 Å². The Morgan fingerprint density at radius 1 is 1.22 bits per heavy atom. The number of hydrogen-bond acceptors (Lipinski definition) is 8. The van der Waals surface area contributed by atoms with Crippen molar-refractivity contribution in [2.45, 2.75) is 52.3 Å². The number of fused-ring (bicyclic) bond motifs is 1. The van der Waals surface area contributed by atoms with Crippen LogP contribution in [0.25, 0.3) is 16.9 Å². The second-order valence-corrected chi connectivity index (χ2v) is 8.14. The Balaban J connectivity index is 1.54. The second-order valence-electron chi connectivity index (χ2n) is 8.14. The Hall–Kier alpha value is -3.47. The number of aromatic nitrogens is 8. The quantitative estimate of drug-likeness (QED) is 0.471. The Morgan fingerprint density at radius 3 is 2.81 bits per heavy atom. The molecule has 1 saturated heterocycles. The highest BCUT2D eigenvalue weighted by Crippen LogP contribution is 2.32. The van der Waals surface area contributed by atoms with E-state index >= 15 is 0 Å². The highest BCUT2D eigenvalue weighted by Gasteiger charge is 2.23. The van der Waals surface area contributed by atoms with E-state index in [9.17, 15) is 0 Å². The van der Waals surface area contributed by atoms with E-state index in [1.807, 2.05) is 30.7 Å². The zero-order chi connectivity index (χ0) is 22.2. The van der Waals surface area contributed by atoms with Crippen LogP contribution in [0, 0.1) is 6.92 Å². The van der Waals surface area contributed by atoms with Crippen LogP contribution in [0.5, 0.6) is 5.88 Å². The number of nitrogen functional groups attached to an aromatic ring is 1. The molecule has 5 rings (SSSR count). The smallest absolute Gasteiger partial charge is 0.202 e. The number of anilines is 1. The number of pyridine rings is 1. The predicted octanol–water partition coefficient (Wildman–Crippen LogP) is 2.16. The third-order valence-electron chi connectivity index (χ3n) is 6.12. The van der Waals surface area contributed by atoms with Gasteiger partial charge in [0, 0.05) is 18.2 Å². The first kappa shape index (κ1) is 20.4. The normalized spacial score (nSPS) is 16.0. The van der Waals surface area contributed by atoms with Crippen molar-refractivity contribution in [3.05, 3.63) is 35.9 Å². The SMILES string of the molecule is CCn1nncc1C(C)Oc1cc(-c2nnn(C3CCNCC3)c2C)cc2ncc(N)n12. The van der Waals surface area contributed by atoms with Gasteiger partial charge in [-0.05, 0) is 52.8 Å². The number of rotatable bonds is 6. The molecular weight excluding hydrogens is 408 g/mol. The molecule has 168 valence electrons. The van der Waals surface area contributed by atoms with Gasteiger partial charge in [-0.3, -0.25) is 0 Å². The monoisotopic (exact) mass is 436 g/mol. The number of nitrogens with one attached hydrogen (secondary N) is 1. The van der Waals surface area contributed by atoms with Crippen LogP contribution in [-0.2, 0) is 6.54 Å². The molecule has 32 heavy (non-hydrogen) atoms. The predicted molar refractivity (Wildman–Crippen MR) is 119 cm³/mol. The van der Waals surface area contributed by atoms with Gasteiger partial charge in [0.2, 0.25) is 5.88 Å². The minimum Gasteiger partial charge on any atom is -0.469 e. The average molecular weight is 437 g/mol.